The van der Waals surface area contributed by atoms with Gasteiger partial charge >= 0.3 is 6.09 Å². The van der Waals surface area contributed by atoms with Gasteiger partial charge < -0.3 is 14.6 Å². The number of phenols is 1. The van der Waals surface area contributed by atoms with E-state index in [0.717, 1.165) is 19.6 Å². The summed E-state index contributed by atoms with van der Waals surface area (Å²) in [6.07, 6.45) is 1.85. The van der Waals surface area contributed by atoms with Crippen molar-refractivity contribution in [2.45, 2.75) is 19.4 Å². The molecule has 2 fully saturated rings. The van der Waals surface area contributed by atoms with Gasteiger partial charge in [-0.25, -0.2) is 4.79 Å². The highest BCUT2D eigenvalue weighted by molar-refractivity contribution is 5.87. The van der Waals surface area contributed by atoms with Crippen LogP contribution in [-0.4, -0.2) is 42.9 Å². The van der Waals surface area contributed by atoms with Gasteiger partial charge in [0, 0.05) is 25.6 Å². The molecule has 1 heterocycles. The minimum absolute atomic E-state index is 0.0961. The number of benzene rings is 2. The molecule has 1 amide bonds. The lowest BCUT2D eigenvalue weighted by Crippen LogP contribution is -2.43. The van der Waals surface area contributed by atoms with Crippen molar-refractivity contribution in [3.8, 4) is 11.5 Å². The maximum Gasteiger partial charge on any atom is 0.411 e. The number of carbonyl (C=O) groups is 1. The minimum Gasteiger partial charge on any atom is -0.503 e. The van der Waals surface area contributed by atoms with E-state index in [-0.39, 0.29) is 11.4 Å². The summed E-state index contributed by atoms with van der Waals surface area (Å²) in [6.45, 7) is 3.51. The summed E-state index contributed by atoms with van der Waals surface area (Å²) in [5.74, 6) is 1.76. The Bertz CT molecular complexity index is 828. The summed E-state index contributed by atoms with van der Waals surface area (Å²) in [5, 5.41) is 12.7. The smallest absolute Gasteiger partial charge is 0.411 e. The number of nitrogens with one attached hydrogen (secondary N) is 1. The van der Waals surface area contributed by atoms with Crippen LogP contribution in [0.1, 0.15) is 18.4 Å². The van der Waals surface area contributed by atoms with Gasteiger partial charge in [-0.05, 0) is 42.4 Å². The molecular formula is C23H28N2O4. The van der Waals surface area contributed by atoms with Crippen LogP contribution in [0.2, 0.25) is 0 Å². The summed E-state index contributed by atoms with van der Waals surface area (Å²) >= 11 is 0. The molecule has 2 N–H and O–H groups in total. The molecule has 1 aliphatic heterocycles. The third kappa shape index (κ3) is 4.48. The van der Waals surface area contributed by atoms with E-state index < -0.39 is 6.09 Å². The summed E-state index contributed by atoms with van der Waals surface area (Å²) in [7, 11) is 1.47. The number of carbonyl (C=O) groups excluding carboxylic acids is 1. The van der Waals surface area contributed by atoms with Gasteiger partial charge in [-0.2, -0.15) is 0 Å². The average Bonchev–Trinajstić information content (AvgIpc) is 2.97. The first kappa shape index (κ1) is 19.6. The number of anilines is 1. The Morgan fingerprint density at radius 3 is 2.52 bits per heavy atom. The third-order valence-electron chi connectivity index (χ3n) is 6.22. The fraction of sp³-hybridized carbons (Fsp3) is 0.435. The zero-order chi connectivity index (χ0) is 20.2. The van der Waals surface area contributed by atoms with Crippen LogP contribution in [0.5, 0.6) is 11.5 Å². The summed E-state index contributed by atoms with van der Waals surface area (Å²) in [5.41, 5.74) is 1.63. The standard InChI is InChI=1S/C23H28N2O4/c1-28-21-9-5-8-20(22(21)26)24-23(27)29-15-19-17-10-11-18(19)14-25(13-17)12-16-6-3-2-4-7-16/h2-9,17-19,26H,10-15H2,1H3,(H,24,27). The molecule has 154 valence electrons. The Morgan fingerprint density at radius 2 is 1.83 bits per heavy atom. The van der Waals surface area contributed by atoms with Crippen LogP contribution < -0.4 is 10.1 Å². The predicted octanol–water partition coefficient (Wildman–Crippen LogP) is 4.11. The lowest BCUT2D eigenvalue weighted by atomic mass is 9.85. The van der Waals surface area contributed by atoms with Gasteiger partial charge in [0.15, 0.2) is 11.5 Å². The average molecular weight is 396 g/mol. The monoisotopic (exact) mass is 396 g/mol. The number of fused-ring (bicyclic) bond motifs is 2. The van der Waals surface area contributed by atoms with Crippen molar-refractivity contribution >= 4 is 11.8 Å². The van der Waals surface area contributed by atoms with Crippen molar-refractivity contribution < 1.29 is 19.4 Å². The Hall–Kier alpha value is -2.73. The molecular weight excluding hydrogens is 368 g/mol. The highest BCUT2D eigenvalue weighted by atomic mass is 16.5. The SMILES string of the molecule is COc1cccc(NC(=O)OCC2C3CCC2CN(Cc2ccccc2)C3)c1O. The number of ether oxygens (including phenoxy) is 2. The number of para-hydroxylation sites is 1. The second-order valence-electron chi connectivity index (χ2n) is 8.02. The van der Waals surface area contributed by atoms with Gasteiger partial charge in [0.2, 0.25) is 0 Å². The topological polar surface area (TPSA) is 71.0 Å². The van der Waals surface area contributed by atoms with Crippen molar-refractivity contribution in [1.29, 1.82) is 0 Å². The molecule has 0 aromatic heterocycles. The van der Waals surface area contributed by atoms with Gasteiger partial charge in [0.25, 0.3) is 0 Å². The summed E-state index contributed by atoms with van der Waals surface area (Å²) in [6, 6.07) is 15.5. The molecule has 2 bridgehead atoms. The van der Waals surface area contributed by atoms with Gasteiger partial charge in [0.1, 0.15) is 0 Å². The molecule has 2 aromatic rings. The van der Waals surface area contributed by atoms with Gasteiger partial charge in [-0.15, -0.1) is 0 Å². The van der Waals surface area contributed by atoms with Crippen LogP contribution in [0.25, 0.3) is 0 Å². The fourth-order valence-electron chi connectivity index (χ4n) is 4.78. The van der Waals surface area contributed by atoms with Gasteiger partial charge in [0.05, 0.1) is 19.4 Å². The van der Waals surface area contributed by atoms with E-state index in [4.69, 9.17) is 9.47 Å². The normalized spacial score (nSPS) is 23.6. The number of piperidine rings is 1. The van der Waals surface area contributed by atoms with E-state index in [2.05, 4.69) is 34.5 Å². The molecule has 1 aliphatic carbocycles. The van der Waals surface area contributed by atoms with E-state index in [9.17, 15) is 9.90 Å². The second-order valence-corrected chi connectivity index (χ2v) is 8.02. The van der Waals surface area contributed by atoms with Crippen molar-refractivity contribution in [2.75, 3.05) is 32.1 Å². The molecule has 2 atom stereocenters. The number of amides is 1. The van der Waals surface area contributed by atoms with E-state index in [1.165, 1.54) is 25.5 Å². The van der Waals surface area contributed by atoms with E-state index >= 15 is 0 Å². The van der Waals surface area contributed by atoms with E-state index in [1.54, 1.807) is 18.2 Å². The van der Waals surface area contributed by atoms with Crippen molar-refractivity contribution in [1.82, 2.24) is 4.90 Å². The molecule has 0 spiro atoms. The van der Waals surface area contributed by atoms with Crippen LogP contribution in [0.3, 0.4) is 0 Å². The van der Waals surface area contributed by atoms with Crippen LogP contribution in [0.4, 0.5) is 10.5 Å². The maximum atomic E-state index is 12.3. The second kappa shape index (κ2) is 8.74. The number of aromatic hydroxyl groups is 1. The van der Waals surface area contributed by atoms with Crippen molar-refractivity contribution in [2.24, 2.45) is 17.8 Å². The molecule has 1 saturated heterocycles. The highest BCUT2D eigenvalue weighted by Gasteiger charge is 2.42. The first-order valence-corrected chi connectivity index (χ1v) is 10.2. The number of nitrogens with zero attached hydrogens (tertiary/aromatic N) is 1. The Balaban J connectivity index is 1.29. The third-order valence-corrected chi connectivity index (χ3v) is 6.22. The number of hydrogen-bond acceptors (Lipinski definition) is 5. The predicted molar refractivity (Wildman–Crippen MR) is 111 cm³/mol. The number of phenolic OH excluding ortho intramolecular Hbond substituents is 1. The lowest BCUT2D eigenvalue weighted by Gasteiger charge is -2.37. The lowest BCUT2D eigenvalue weighted by molar-refractivity contribution is 0.0528. The van der Waals surface area contributed by atoms with E-state index in [0.29, 0.717) is 30.1 Å². The van der Waals surface area contributed by atoms with E-state index in [1.807, 2.05) is 6.07 Å². The number of hydrogen-bond donors (Lipinski definition) is 2. The maximum absolute atomic E-state index is 12.3. The van der Waals surface area contributed by atoms with Crippen molar-refractivity contribution in [3.05, 3.63) is 54.1 Å². The zero-order valence-corrected chi connectivity index (χ0v) is 16.7. The Kier molecular flexibility index (Phi) is 5.90. The summed E-state index contributed by atoms with van der Waals surface area (Å²) < 4.78 is 10.6. The van der Waals surface area contributed by atoms with Crippen molar-refractivity contribution in [3.63, 3.8) is 0 Å². The van der Waals surface area contributed by atoms with Gasteiger partial charge in [-0.3, -0.25) is 10.2 Å². The van der Waals surface area contributed by atoms with Gasteiger partial charge in [-0.1, -0.05) is 36.4 Å². The number of rotatable bonds is 6. The minimum atomic E-state index is -0.542. The zero-order valence-electron chi connectivity index (χ0n) is 16.7. The Labute approximate surface area is 171 Å². The quantitative estimate of drug-likeness (QED) is 0.719. The first-order valence-electron chi connectivity index (χ1n) is 10.2. The molecule has 29 heavy (non-hydrogen) atoms. The highest BCUT2D eigenvalue weighted by Crippen LogP contribution is 2.42. The fourth-order valence-corrected chi connectivity index (χ4v) is 4.78. The largest absolute Gasteiger partial charge is 0.503 e. The van der Waals surface area contributed by atoms with Crippen LogP contribution >= 0.6 is 0 Å². The molecule has 6 heteroatoms. The molecule has 2 aliphatic rings. The van der Waals surface area contributed by atoms with Crippen LogP contribution in [0.15, 0.2) is 48.5 Å². The Morgan fingerprint density at radius 1 is 1.10 bits per heavy atom. The number of methoxy groups -OCH3 is 1. The van der Waals surface area contributed by atoms with Crippen LogP contribution in [0, 0.1) is 17.8 Å². The molecule has 2 aromatic carbocycles. The van der Waals surface area contributed by atoms with Crippen LogP contribution in [-0.2, 0) is 11.3 Å². The molecule has 0 radical (unpaired) electrons. The first-order chi connectivity index (χ1) is 14.1. The molecule has 6 nitrogen and oxygen atoms in total. The molecule has 4 rings (SSSR count). The number of likely N-dealkylation sites (tertiary alicyclic amines) is 1. The summed E-state index contributed by atoms with van der Waals surface area (Å²) in [4.78, 5) is 14.8. The molecule has 2 unspecified atom stereocenters. The molecule has 1 saturated carbocycles.